The number of carbonyl (C=O) groups excluding carboxylic acids is 2. The highest BCUT2D eigenvalue weighted by molar-refractivity contribution is 9.10. The lowest BCUT2D eigenvalue weighted by Gasteiger charge is -2.28. The van der Waals surface area contributed by atoms with Gasteiger partial charge in [0.2, 0.25) is 12.7 Å². The third-order valence-corrected chi connectivity index (χ3v) is 6.32. The van der Waals surface area contributed by atoms with E-state index in [2.05, 4.69) is 21.2 Å². The van der Waals surface area contributed by atoms with Gasteiger partial charge in [-0.3, -0.25) is 4.79 Å². The molecule has 1 fully saturated rings. The van der Waals surface area contributed by atoms with Crippen LogP contribution in [0.2, 0.25) is 0 Å². The SMILES string of the molecule is CC1=C(C(=O)OC2CCCCCC2)C(c2cc3c(cc2Br)OCO3)CC(=O)N1. The summed E-state index contributed by atoms with van der Waals surface area (Å²) in [6, 6.07) is 3.68. The monoisotopic (exact) mass is 449 g/mol. The lowest BCUT2D eigenvalue weighted by molar-refractivity contribution is -0.145. The topological polar surface area (TPSA) is 73.9 Å². The van der Waals surface area contributed by atoms with Gasteiger partial charge in [0.1, 0.15) is 6.10 Å². The number of carbonyl (C=O) groups is 2. The molecule has 1 atom stereocenters. The molecule has 0 radical (unpaired) electrons. The number of ether oxygens (including phenoxy) is 3. The molecule has 28 heavy (non-hydrogen) atoms. The zero-order chi connectivity index (χ0) is 19.7. The molecule has 1 aromatic rings. The quantitative estimate of drug-likeness (QED) is 0.549. The molecule has 0 aromatic heterocycles. The lowest BCUT2D eigenvalue weighted by Crippen LogP contribution is -2.35. The smallest absolute Gasteiger partial charge is 0.336 e. The van der Waals surface area contributed by atoms with Crippen molar-refractivity contribution in [3.8, 4) is 11.5 Å². The van der Waals surface area contributed by atoms with Gasteiger partial charge in [0, 0.05) is 22.5 Å². The minimum atomic E-state index is -0.393. The van der Waals surface area contributed by atoms with E-state index < -0.39 is 5.92 Å². The standard InChI is InChI=1S/C21H24BrNO5/c1-12-20(21(25)28-13-6-4-2-3-5-7-13)15(9-19(24)23-12)14-8-17-18(10-16(14)22)27-11-26-17/h8,10,13,15H,2-7,9,11H2,1H3,(H,23,24). The fourth-order valence-corrected chi connectivity index (χ4v) is 4.81. The molecule has 1 aliphatic carbocycles. The van der Waals surface area contributed by atoms with E-state index in [9.17, 15) is 9.59 Å². The highest BCUT2D eigenvalue weighted by Crippen LogP contribution is 2.44. The highest BCUT2D eigenvalue weighted by Gasteiger charge is 2.36. The first-order valence-corrected chi connectivity index (χ1v) is 10.6. The van der Waals surface area contributed by atoms with Crippen molar-refractivity contribution < 1.29 is 23.8 Å². The summed E-state index contributed by atoms with van der Waals surface area (Å²) in [7, 11) is 0. The largest absolute Gasteiger partial charge is 0.459 e. The first-order valence-electron chi connectivity index (χ1n) is 9.83. The van der Waals surface area contributed by atoms with Crippen LogP contribution in [0.1, 0.15) is 63.4 Å². The van der Waals surface area contributed by atoms with Crippen LogP contribution in [0.25, 0.3) is 0 Å². The fourth-order valence-electron chi connectivity index (χ4n) is 4.21. The second-order valence-corrected chi connectivity index (χ2v) is 8.44. The van der Waals surface area contributed by atoms with E-state index in [-0.39, 0.29) is 31.2 Å². The Morgan fingerprint density at radius 1 is 1.14 bits per heavy atom. The van der Waals surface area contributed by atoms with Crippen molar-refractivity contribution in [1.29, 1.82) is 0 Å². The van der Waals surface area contributed by atoms with Crippen LogP contribution in [-0.2, 0) is 14.3 Å². The molecule has 1 amide bonds. The van der Waals surface area contributed by atoms with E-state index in [1.165, 1.54) is 12.8 Å². The molecular formula is C21H24BrNO5. The molecular weight excluding hydrogens is 426 g/mol. The minimum Gasteiger partial charge on any atom is -0.459 e. The highest BCUT2D eigenvalue weighted by atomic mass is 79.9. The second-order valence-electron chi connectivity index (χ2n) is 7.59. The predicted octanol–water partition coefficient (Wildman–Crippen LogP) is 4.32. The summed E-state index contributed by atoms with van der Waals surface area (Å²) in [6.07, 6.45) is 6.51. The molecule has 7 heteroatoms. The Kier molecular flexibility index (Phi) is 5.62. The molecule has 3 aliphatic rings. The van der Waals surface area contributed by atoms with Gasteiger partial charge in [-0.1, -0.05) is 28.8 Å². The molecule has 2 aliphatic heterocycles. The first-order chi connectivity index (χ1) is 13.5. The van der Waals surface area contributed by atoms with Crippen molar-refractivity contribution in [2.24, 2.45) is 0 Å². The summed E-state index contributed by atoms with van der Waals surface area (Å²) in [4.78, 5) is 25.4. The summed E-state index contributed by atoms with van der Waals surface area (Å²) in [5.74, 6) is 0.436. The van der Waals surface area contributed by atoms with Gasteiger partial charge >= 0.3 is 5.97 Å². The number of benzene rings is 1. The Labute approximate surface area is 172 Å². The Morgan fingerprint density at radius 2 is 1.82 bits per heavy atom. The average molecular weight is 450 g/mol. The van der Waals surface area contributed by atoms with Gasteiger partial charge in [-0.05, 0) is 50.3 Å². The zero-order valence-corrected chi connectivity index (χ0v) is 17.5. The van der Waals surface area contributed by atoms with Crippen LogP contribution in [0.3, 0.4) is 0 Å². The van der Waals surface area contributed by atoms with E-state index in [0.717, 1.165) is 35.7 Å². The molecule has 0 saturated heterocycles. The Morgan fingerprint density at radius 3 is 2.54 bits per heavy atom. The van der Waals surface area contributed by atoms with Crippen LogP contribution < -0.4 is 14.8 Å². The first kappa shape index (κ1) is 19.3. The van der Waals surface area contributed by atoms with Crippen LogP contribution in [0.5, 0.6) is 11.5 Å². The van der Waals surface area contributed by atoms with E-state index >= 15 is 0 Å². The number of fused-ring (bicyclic) bond motifs is 1. The van der Waals surface area contributed by atoms with E-state index in [1.807, 2.05) is 12.1 Å². The Hall–Kier alpha value is -2.02. The number of nitrogens with one attached hydrogen (secondary N) is 1. The van der Waals surface area contributed by atoms with Crippen molar-refractivity contribution in [2.45, 2.75) is 63.9 Å². The average Bonchev–Trinajstić information content (AvgIpc) is 2.94. The van der Waals surface area contributed by atoms with Gasteiger partial charge in [0.15, 0.2) is 11.5 Å². The maximum Gasteiger partial charge on any atom is 0.336 e. The van der Waals surface area contributed by atoms with Crippen LogP contribution in [0.15, 0.2) is 27.9 Å². The number of hydrogen-bond acceptors (Lipinski definition) is 5. The third-order valence-electron chi connectivity index (χ3n) is 5.63. The molecule has 1 N–H and O–H groups in total. The minimum absolute atomic E-state index is 0.0474. The molecule has 1 unspecified atom stereocenters. The molecule has 1 saturated carbocycles. The second kappa shape index (κ2) is 8.15. The molecule has 0 bridgehead atoms. The number of hydrogen-bond donors (Lipinski definition) is 1. The van der Waals surface area contributed by atoms with Gasteiger partial charge in [-0.25, -0.2) is 4.79 Å². The van der Waals surface area contributed by atoms with Crippen LogP contribution in [-0.4, -0.2) is 24.8 Å². The third kappa shape index (κ3) is 3.90. The van der Waals surface area contributed by atoms with Crippen LogP contribution in [0, 0.1) is 0 Å². The number of amides is 1. The van der Waals surface area contributed by atoms with Crippen LogP contribution in [0.4, 0.5) is 0 Å². The molecule has 0 spiro atoms. The summed E-state index contributed by atoms with van der Waals surface area (Å²) < 4.78 is 17.6. The summed E-state index contributed by atoms with van der Waals surface area (Å²) in [6.45, 7) is 1.93. The van der Waals surface area contributed by atoms with Crippen molar-refractivity contribution in [3.05, 3.63) is 33.4 Å². The van der Waals surface area contributed by atoms with Gasteiger partial charge in [0.25, 0.3) is 0 Å². The number of rotatable bonds is 3. The molecule has 1 aromatic carbocycles. The Balaban J connectivity index is 1.64. The number of halogens is 1. The van der Waals surface area contributed by atoms with Crippen molar-refractivity contribution in [2.75, 3.05) is 6.79 Å². The van der Waals surface area contributed by atoms with Gasteiger partial charge in [-0.15, -0.1) is 0 Å². The molecule has 2 heterocycles. The molecule has 6 nitrogen and oxygen atoms in total. The summed E-state index contributed by atoms with van der Waals surface area (Å²) in [5.41, 5.74) is 1.90. The maximum atomic E-state index is 13.1. The summed E-state index contributed by atoms with van der Waals surface area (Å²) >= 11 is 3.57. The van der Waals surface area contributed by atoms with E-state index in [1.54, 1.807) is 6.92 Å². The van der Waals surface area contributed by atoms with Gasteiger partial charge in [0.05, 0.1) is 5.57 Å². The normalized spacial score (nSPS) is 22.6. The van der Waals surface area contributed by atoms with Gasteiger partial charge < -0.3 is 19.5 Å². The van der Waals surface area contributed by atoms with Crippen LogP contribution >= 0.6 is 15.9 Å². The van der Waals surface area contributed by atoms with E-state index in [4.69, 9.17) is 14.2 Å². The van der Waals surface area contributed by atoms with Crippen molar-refractivity contribution in [3.63, 3.8) is 0 Å². The Bertz CT molecular complexity index is 826. The number of esters is 1. The van der Waals surface area contributed by atoms with Crippen molar-refractivity contribution in [1.82, 2.24) is 5.32 Å². The predicted molar refractivity (Wildman–Crippen MR) is 106 cm³/mol. The number of allylic oxidation sites excluding steroid dienone is 1. The zero-order valence-electron chi connectivity index (χ0n) is 15.9. The van der Waals surface area contributed by atoms with E-state index in [0.29, 0.717) is 22.8 Å². The van der Waals surface area contributed by atoms with Crippen molar-refractivity contribution >= 4 is 27.8 Å². The fraction of sp³-hybridized carbons (Fsp3) is 0.524. The molecule has 150 valence electrons. The van der Waals surface area contributed by atoms with Gasteiger partial charge in [-0.2, -0.15) is 0 Å². The molecule has 4 rings (SSSR count). The summed E-state index contributed by atoms with van der Waals surface area (Å²) in [5, 5.41) is 2.80. The lowest BCUT2D eigenvalue weighted by atomic mass is 9.84. The maximum absolute atomic E-state index is 13.1.